The molecule has 2 amide bonds. The summed E-state index contributed by atoms with van der Waals surface area (Å²) in [7, 11) is 1.48. The molecule has 1 aliphatic heterocycles. The third-order valence-corrected chi connectivity index (χ3v) is 4.31. The Morgan fingerprint density at radius 3 is 2.43 bits per heavy atom. The molecule has 0 aliphatic carbocycles. The Morgan fingerprint density at radius 1 is 1.29 bits per heavy atom. The number of halogens is 2. The van der Waals surface area contributed by atoms with Gasteiger partial charge in [0, 0.05) is 6.54 Å². The molecule has 0 saturated carbocycles. The van der Waals surface area contributed by atoms with E-state index in [1.54, 1.807) is 18.2 Å². The molecule has 0 radical (unpaired) electrons. The second-order valence-electron chi connectivity index (χ2n) is 4.35. The Morgan fingerprint density at radius 2 is 1.90 bits per heavy atom. The van der Waals surface area contributed by atoms with E-state index in [0.29, 0.717) is 32.8 Å². The number of amides is 2. The normalized spacial score (nSPS) is 17.0. The summed E-state index contributed by atoms with van der Waals surface area (Å²) in [6.45, 7) is 2.34. The van der Waals surface area contributed by atoms with Crippen molar-refractivity contribution in [2.24, 2.45) is 0 Å². The lowest BCUT2D eigenvalue weighted by Crippen LogP contribution is -2.28. The van der Waals surface area contributed by atoms with Gasteiger partial charge in [0.15, 0.2) is 5.75 Å². The van der Waals surface area contributed by atoms with Crippen molar-refractivity contribution in [1.29, 1.82) is 0 Å². The van der Waals surface area contributed by atoms with Crippen molar-refractivity contribution < 1.29 is 14.3 Å². The van der Waals surface area contributed by atoms with Gasteiger partial charge in [-0.2, -0.15) is 0 Å². The van der Waals surface area contributed by atoms with E-state index in [-0.39, 0.29) is 11.1 Å². The van der Waals surface area contributed by atoms with Crippen LogP contribution in [0.5, 0.6) is 5.75 Å². The highest BCUT2D eigenvalue weighted by Crippen LogP contribution is 2.37. The van der Waals surface area contributed by atoms with Gasteiger partial charge < -0.3 is 4.74 Å². The van der Waals surface area contributed by atoms with Crippen LogP contribution in [0.1, 0.15) is 18.9 Å². The number of nitrogens with zero attached hydrogens (tertiary/aromatic N) is 1. The first kappa shape index (κ1) is 16.2. The third kappa shape index (κ3) is 3.36. The lowest BCUT2D eigenvalue weighted by Gasteiger charge is -2.09. The number of rotatable bonds is 4. The Labute approximate surface area is 137 Å². The summed E-state index contributed by atoms with van der Waals surface area (Å²) in [6.07, 6.45) is 2.34. The largest absolute Gasteiger partial charge is 0.494 e. The fourth-order valence-corrected chi connectivity index (χ4v) is 3.45. The first-order valence-corrected chi connectivity index (χ1v) is 7.83. The fourth-order valence-electron chi connectivity index (χ4n) is 1.93. The monoisotopic (exact) mass is 345 g/mol. The second-order valence-corrected chi connectivity index (χ2v) is 6.16. The van der Waals surface area contributed by atoms with Crippen LogP contribution in [0.25, 0.3) is 6.08 Å². The number of methoxy groups -OCH3 is 1. The van der Waals surface area contributed by atoms with Crippen molar-refractivity contribution >= 4 is 52.2 Å². The SMILES string of the molecule is CCCN1C(=O)S/C(=C/c2cc(Cl)c(OC)c(Cl)c2)C1=O. The number of hydrogen-bond donors (Lipinski definition) is 0. The first-order chi connectivity index (χ1) is 9.97. The van der Waals surface area contributed by atoms with Crippen molar-refractivity contribution in [3.63, 3.8) is 0 Å². The van der Waals surface area contributed by atoms with Crippen molar-refractivity contribution in [2.75, 3.05) is 13.7 Å². The lowest BCUT2D eigenvalue weighted by molar-refractivity contribution is -0.122. The maximum Gasteiger partial charge on any atom is 0.293 e. The standard InChI is InChI=1S/C14H13Cl2NO3S/c1-3-4-17-13(18)11(21-14(17)19)7-8-5-9(15)12(20-2)10(16)6-8/h5-7H,3-4H2,1-2H3/b11-7+. The summed E-state index contributed by atoms with van der Waals surface area (Å²) < 4.78 is 5.07. The highest BCUT2D eigenvalue weighted by atomic mass is 35.5. The molecule has 1 aliphatic rings. The average Bonchev–Trinajstić information content (AvgIpc) is 2.66. The van der Waals surface area contributed by atoms with Gasteiger partial charge in [-0.25, -0.2) is 0 Å². The van der Waals surface area contributed by atoms with E-state index in [1.165, 1.54) is 12.0 Å². The van der Waals surface area contributed by atoms with Crippen molar-refractivity contribution in [3.8, 4) is 5.75 Å². The molecule has 0 spiro atoms. The van der Waals surface area contributed by atoms with Crippen LogP contribution in [-0.2, 0) is 4.79 Å². The summed E-state index contributed by atoms with van der Waals surface area (Å²) in [6, 6.07) is 3.28. The van der Waals surface area contributed by atoms with E-state index >= 15 is 0 Å². The molecule has 4 nitrogen and oxygen atoms in total. The van der Waals surface area contributed by atoms with Gasteiger partial charge in [-0.1, -0.05) is 30.1 Å². The second kappa shape index (κ2) is 6.73. The van der Waals surface area contributed by atoms with Crippen LogP contribution < -0.4 is 4.74 Å². The van der Waals surface area contributed by atoms with E-state index in [0.717, 1.165) is 18.2 Å². The number of imide groups is 1. The number of ether oxygens (including phenoxy) is 1. The fraction of sp³-hybridized carbons (Fsp3) is 0.286. The average molecular weight is 346 g/mol. The molecule has 7 heteroatoms. The minimum absolute atomic E-state index is 0.251. The van der Waals surface area contributed by atoms with Gasteiger partial charge in [-0.05, 0) is 42.0 Å². The molecule has 1 heterocycles. The summed E-state index contributed by atoms with van der Waals surface area (Å²) in [5.74, 6) is 0.101. The van der Waals surface area contributed by atoms with Crippen LogP contribution in [0.15, 0.2) is 17.0 Å². The molecule has 0 unspecified atom stereocenters. The van der Waals surface area contributed by atoms with Crippen LogP contribution in [0.2, 0.25) is 10.0 Å². The van der Waals surface area contributed by atoms with Crippen molar-refractivity contribution in [3.05, 3.63) is 32.6 Å². The van der Waals surface area contributed by atoms with Crippen LogP contribution in [0.4, 0.5) is 4.79 Å². The molecule has 21 heavy (non-hydrogen) atoms. The Bertz CT molecular complexity index is 608. The topological polar surface area (TPSA) is 46.6 Å². The van der Waals surface area contributed by atoms with E-state index in [2.05, 4.69) is 0 Å². The minimum atomic E-state index is -0.282. The summed E-state index contributed by atoms with van der Waals surface area (Å²) in [5.41, 5.74) is 0.646. The highest BCUT2D eigenvalue weighted by molar-refractivity contribution is 8.18. The van der Waals surface area contributed by atoms with Crippen molar-refractivity contribution in [2.45, 2.75) is 13.3 Å². The molecule has 1 aromatic rings. The Kier molecular flexibility index (Phi) is 5.19. The maximum absolute atomic E-state index is 12.1. The van der Waals surface area contributed by atoms with Gasteiger partial charge in [-0.15, -0.1) is 0 Å². The predicted molar refractivity (Wildman–Crippen MR) is 86.0 cm³/mol. The molecule has 0 atom stereocenters. The molecule has 112 valence electrons. The zero-order valence-corrected chi connectivity index (χ0v) is 13.8. The number of carbonyl (C=O) groups is 2. The molecule has 0 N–H and O–H groups in total. The number of carbonyl (C=O) groups excluding carboxylic acids is 2. The molecule has 1 fully saturated rings. The summed E-state index contributed by atoms with van der Waals surface area (Å²) >= 11 is 13.0. The number of thioether (sulfide) groups is 1. The number of benzene rings is 1. The minimum Gasteiger partial charge on any atom is -0.494 e. The smallest absolute Gasteiger partial charge is 0.293 e. The quantitative estimate of drug-likeness (QED) is 0.756. The van der Waals surface area contributed by atoms with E-state index in [9.17, 15) is 9.59 Å². The zero-order chi connectivity index (χ0) is 15.6. The van der Waals surface area contributed by atoms with Crippen LogP contribution in [0.3, 0.4) is 0 Å². The number of hydrogen-bond acceptors (Lipinski definition) is 4. The van der Waals surface area contributed by atoms with Gasteiger partial charge >= 0.3 is 0 Å². The first-order valence-electron chi connectivity index (χ1n) is 6.26. The van der Waals surface area contributed by atoms with E-state index in [1.807, 2.05) is 6.92 Å². The predicted octanol–water partition coefficient (Wildman–Crippen LogP) is 4.45. The molecule has 0 bridgehead atoms. The van der Waals surface area contributed by atoms with Crippen LogP contribution in [-0.4, -0.2) is 29.7 Å². The van der Waals surface area contributed by atoms with Gasteiger partial charge in [-0.3, -0.25) is 14.5 Å². The van der Waals surface area contributed by atoms with Crippen molar-refractivity contribution in [1.82, 2.24) is 4.90 Å². The highest BCUT2D eigenvalue weighted by Gasteiger charge is 2.34. The van der Waals surface area contributed by atoms with E-state index in [4.69, 9.17) is 27.9 Å². The van der Waals surface area contributed by atoms with Gasteiger partial charge in [0.2, 0.25) is 0 Å². The summed E-state index contributed by atoms with van der Waals surface area (Å²) in [4.78, 5) is 25.5. The summed E-state index contributed by atoms with van der Waals surface area (Å²) in [5, 5.41) is 0.451. The molecular weight excluding hydrogens is 333 g/mol. The maximum atomic E-state index is 12.1. The molecular formula is C14H13Cl2NO3S. The molecule has 1 saturated heterocycles. The zero-order valence-electron chi connectivity index (χ0n) is 11.5. The van der Waals surface area contributed by atoms with Gasteiger partial charge in [0.1, 0.15) is 0 Å². The Balaban J connectivity index is 2.33. The van der Waals surface area contributed by atoms with Crippen LogP contribution >= 0.6 is 35.0 Å². The van der Waals surface area contributed by atoms with E-state index < -0.39 is 0 Å². The lowest BCUT2D eigenvalue weighted by atomic mass is 10.2. The van der Waals surface area contributed by atoms with Crippen LogP contribution in [0, 0.1) is 0 Å². The Hall–Kier alpha value is -1.17. The molecule has 0 aromatic heterocycles. The van der Waals surface area contributed by atoms with Gasteiger partial charge in [0.05, 0.1) is 22.1 Å². The van der Waals surface area contributed by atoms with Gasteiger partial charge in [0.25, 0.3) is 11.1 Å². The molecule has 1 aromatic carbocycles. The third-order valence-electron chi connectivity index (χ3n) is 2.84. The molecule has 2 rings (SSSR count).